The third-order valence-electron chi connectivity index (χ3n) is 2.42. The van der Waals surface area contributed by atoms with Gasteiger partial charge in [-0.05, 0) is 12.8 Å². The van der Waals surface area contributed by atoms with E-state index in [0.29, 0.717) is 13.2 Å². The molecule has 3 nitrogen and oxygen atoms in total. The monoisotopic (exact) mass is 170 g/mol. The molecule has 0 aromatic heterocycles. The minimum atomic E-state index is -0.753. The maximum atomic E-state index is 10.5. The Hall–Kier alpha value is -0.830. The first-order chi connectivity index (χ1) is 5.68. The van der Waals surface area contributed by atoms with Gasteiger partial charge >= 0.3 is 5.97 Å². The van der Waals surface area contributed by atoms with Crippen LogP contribution in [0.2, 0.25) is 0 Å². The van der Waals surface area contributed by atoms with E-state index in [1.54, 1.807) is 6.08 Å². The lowest BCUT2D eigenvalue weighted by Crippen LogP contribution is -2.29. The van der Waals surface area contributed by atoms with E-state index in [9.17, 15) is 4.79 Å². The molecule has 0 aromatic carbocycles. The van der Waals surface area contributed by atoms with Crippen LogP contribution in [0.15, 0.2) is 12.7 Å². The molecule has 1 aliphatic heterocycles. The second-order valence-corrected chi connectivity index (χ2v) is 3.25. The molecule has 1 fully saturated rings. The van der Waals surface area contributed by atoms with Gasteiger partial charge in [-0.25, -0.2) is 0 Å². The SMILES string of the molecule is C=CC1(CC(=O)O)CCOCC1. The molecular formula is C9H14O3. The maximum Gasteiger partial charge on any atom is 0.304 e. The standard InChI is InChI=1S/C9H14O3/c1-2-9(7-8(10)11)3-5-12-6-4-9/h2H,1,3-7H2,(H,10,11). The number of carboxylic acid groups (broad SMARTS) is 1. The number of aliphatic carboxylic acids is 1. The second-order valence-electron chi connectivity index (χ2n) is 3.25. The van der Waals surface area contributed by atoms with E-state index in [1.807, 2.05) is 0 Å². The van der Waals surface area contributed by atoms with E-state index in [2.05, 4.69) is 6.58 Å². The lowest BCUT2D eigenvalue weighted by molar-refractivity contribution is -0.140. The Labute approximate surface area is 72.0 Å². The van der Waals surface area contributed by atoms with E-state index >= 15 is 0 Å². The van der Waals surface area contributed by atoms with Crippen LogP contribution in [-0.2, 0) is 9.53 Å². The van der Waals surface area contributed by atoms with Crippen molar-refractivity contribution in [3.05, 3.63) is 12.7 Å². The Balaban J connectivity index is 2.59. The lowest BCUT2D eigenvalue weighted by atomic mass is 9.77. The van der Waals surface area contributed by atoms with Crippen molar-refractivity contribution in [3.8, 4) is 0 Å². The van der Waals surface area contributed by atoms with Crippen LogP contribution in [0.5, 0.6) is 0 Å². The van der Waals surface area contributed by atoms with Crippen LogP contribution < -0.4 is 0 Å². The summed E-state index contributed by atoms with van der Waals surface area (Å²) >= 11 is 0. The maximum absolute atomic E-state index is 10.5. The van der Waals surface area contributed by atoms with E-state index in [1.165, 1.54) is 0 Å². The van der Waals surface area contributed by atoms with E-state index in [-0.39, 0.29) is 11.8 Å². The predicted molar refractivity (Wildman–Crippen MR) is 44.9 cm³/mol. The van der Waals surface area contributed by atoms with Gasteiger partial charge in [0.25, 0.3) is 0 Å². The molecule has 0 unspecified atom stereocenters. The van der Waals surface area contributed by atoms with Gasteiger partial charge in [0.2, 0.25) is 0 Å². The zero-order valence-electron chi connectivity index (χ0n) is 7.08. The van der Waals surface area contributed by atoms with Crippen LogP contribution in [0.25, 0.3) is 0 Å². The predicted octanol–water partition coefficient (Wildman–Crippen LogP) is 1.44. The van der Waals surface area contributed by atoms with Crippen LogP contribution in [0.3, 0.4) is 0 Å². The fourth-order valence-corrected chi connectivity index (χ4v) is 1.53. The third-order valence-corrected chi connectivity index (χ3v) is 2.42. The van der Waals surface area contributed by atoms with Crippen molar-refractivity contribution in [2.45, 2.75) is 19.3 Å². The highest BCUT2D eigenvalue weighted by Crippen LogP contribution is 2.34. The molecule has 1 heterocycles. The molecule has 12 heavy (non-hydrogen) atoms. The Kier molecular flexibility index (Phi) is 2.87. The van der Waals surface area contributed by atoms with Gasteiger partial charge in [0.1, 0.15) is 0 Å². The van der Waals surface area contributed by atoms with Crippen molar-refractivity contribution in [1.82, 2.24) is 0 Å². The molecule has 1 saturated heterocycles. The Morgan fingerprint density at radius 1 is 1.58 bits per heavy atom. The smallest absolute Gasteiger partial charge is 0.304 e. The summed E-state index contributed by atoms with van der Waals surface area (Å²) in [4.78, 5) is 10.5. The topological polar surface area (TPSA) is 46.5 Å². The number of hydrogen-bond acceptors (Lipinski definition) is 2. The molecule has 0 aromatic rings. The Morgan fingerprint density at radius 3 is 2.58 bits per heavy atom. The quantitative estimate of drug-likeness (QED) is 0.652. The summed E-state index contributed by atoms with van der Waals surface area (Å²) < 4.78 is 5.17. The number of carboxylic acids is 1. The molecule has 0 amide bonds. The first-order valence-corrected chi connectivity index (χ1v) is 4.12. The molecular weight excluding hydrogens is 156 g/mol. The van der Waals surface area contributed by atoms with Gasteiger partial charge in [-0.1, -0.05) is 6.08 Å². The number of ether oxygens (including phenoxy) is 1. The van der Waals surface area contributed by atoms with Gasteiger partial charge in [0.15, 0.2) is 0 Å². The van der Waals surface area contributed by atoms with Gasteiger partial charge in [0.05, 0.1) is 6.42 Å². The number of carbonyl (C=O) groups is 1. The van der Waals surface area contributed by atoms with Gasteiger partial charge in [-0.2, -0.15) is 0 Å². The summed E-state index contributed by atoms with van der Waals surface area (Å²) in [5, 5.41) is 8.67. The molecule has 0 bridgehead atoms. The van der Waals surface area contributed by atoms with Crippen molar-refractivity contribution >= 4 is 5.97 Å². The molecule has 0 atom stereocenters. The van der Waals surface area contributed by atoms with Crippen molar-refractivity contribution in [2.75, 3.05) is 13.2 Å². The number of rotatable bonds is 3. The first kappa shape index (κ1) is 9.26. The molecule has 1 aliphatic rings. The highest BCUT2D eigenvalue weighted by atomic mass is 16.5. The number of hydrogen-bond donors (Lipinski definition) is 1. The number of allylic oxidation sites excluding steroid dienone is 1. The van der Waals surface area contributed by atoms with Crippen LogP contribution in [0.4, 0.5) is 0 Å². The fraction of sp³-hybridized carbons (Fsp3) is 0.667. The Morgan fingerprint density at radius 2 is 2.17 bits per heavy atom. The minimum absolute atomic E-state index is 0.180. The van der Waals surface area contributed by atoms with E-state index in [4.69, 9.17) is 9.84 Å². The van der Waals surface area contributed by atoms with Gasteiger partial charge < -0.3 is 9.84 Å². The molecule has 1 N–H and O–H groups in total. The summed E-state index contributed by atoms with van der Waals surface area (Å²) in [5.41, 5.74) is -0.218. The fourth-order valence-electron chi connectivity index (χ4n) is 1.53. The average Bonchev–Trinajstić information content (AvgIpc) is 2.05. The van der Waals surface area contributed by atoms with Gasteiger partial charge in [-0.15, -0.1) is 6.58 Å². The molecule has 3 heteroatoms. The van der Waals surface area contributed by atoms with Crippen molar-refractivity contribution in [3.63, 3.8) is 0 Å². The van der Waals surface area contributed by atoms with Crippen LogP contribution in [0.1, 0.15) is 19.3 Å². The average molecular weight is 170 g/mol. The van der Waals surface area contributed by atoms with Crippen molar-refractivity contribution in [2.24, 2.45) is 5.41 Å². The highest BCUT2D eigenvalue weighted by Gasteiger charge is 2.31. The van der Waals surface area contributed by atoms with E-state index < -0.39 is 5.97 Å². The van der Waals surface area contributed by atoms with Gasteiger partial charge in [0, 0.05) is 18.6 Å². The highest BCUT2D eigenvalue weighted by molar-refractivity contribution is 5.68. The summed E-state index contributed by atoms with van der Waals surface area (Å²) in [7, 11) is 0. The second kappa shape index (κ2) is 3.72. The molecule has 0 aliphatic carbocycles. The normalized spacial score (nSPS) is 21.7. The van der Waals surface area contributed by atoms with Crippen LogP contribution >= 0.6 is 0 Å². The van der Waals surface area contributed by atoms with Crippen LogP contribution in [-0.4, -0.2) is 24.3 Å². The Bertz CT molecular complexity index is 180. The first-order valence-electron chi connectivity index (χ1n) is 4.12. The van der Waals surface area contributed by atoms with Crippen molar-refractivity contribution in [1.29, 1.82) is 0 Å². The largest absolute Gasteiger partial charge is 0.481 e. The van der Waals surface area contributed by atoms with Crippen LogP contribution in [0, 0.1) is 5.41 Å². The molecule has 0 spiro atoms. The molecule has 0 radical (unpaired) electrons. The minimum Gasteiger partial charge on any atom is -0.481 e. The zero-order chi connectivity index (χ0) is 9.03. The zero-order valence-corrected chi connectivity index (χ0v) is 7.08. The summed E-state index contributed by atoms with van der Waals surface area (Å²) in [6.07, 6.45) is 3.51. The third kappa shape index (κ3) is 2.08. The molecule has 0 saturated carbocycles. The molecule has 1 rings (SSSR count). The van der Waals surface area contributed by atoms with E-state index in [0.717, 1.165) is 12.8 Å². The summed E-state index contributed by atoms with van der Waals surface area (Å²) in [6.45, 7) is 4.99. The summed E-state index contributed by atoms with van der Waals surface area (Å²) in [5.74, 6) is -0.753. The van der Waals surface area contributed by atoms with Gasteiger partial charge in [-0.3, -0.25) is 4.79 Å². The molecule has 68 valence electrons. The van der Waals surface area contributed by atoms with Crippen molar-refractivity contribution < 1.29 is 14.6 Å². The lowest BCUT2D eigenvalue weighted by Gasteiger charge is -2.32. The summed E-state index contributed by atoms with van der Waals surface area (Å²) in [6, 6.07) is 0.